The first kappa shape index (κ1) is 14.7. The predicted molar refractivity (Wildman–Crippen MR) is 66.7 cm³/mol. The third-order valence-electron chi connectivity index (χ3n) is 3.06. The number of aliphatic carboxylic acids is 1. The van der Waals surface area contributed by atoms with E-state index in [1.165, 1.54) is 12.3 Å². The number of carboxylic acids is 1. The number of nitrogens with zero attached hydrogens (tertiary/aromatic N) is 1. The minimum atomic E-state index is -3.82. The Hall–Kier alpha value is -1.34. The Morgan fingerprint density at radius 3 is 2.33 bits per heavy atom. The van der Waals surface area contributed by atoms with Crippen molar-refractivity contribution in [2.45, 2.75) is 37.1 Å². The second-order valence-electron chi connectivity index (χ2n) is 4.21. The van der Waals surface area contributed by atoms with Gasteiger partial charge in [0.25, 0.3) is 0 Å². The van der Waals surface area contributed by atoms with Gasteiger partial charge in [0.15, 0.2) is 0 Å². The Bertz CT molecular complexity index is 529. The van der Waals surface area contributed by atoms with Gasteiger partial charge in [-0.05, 0) is 18.9 Å². The minimum Gasteiger partial charge on any atom is -0.480 e. The summed E-state index contributed by atoms with van der Waals surface area (Å²) in [5, 5.41) is 9.21. The molecular formula is C11H18N2O4S. The van der Waals surface area contributed by atoms with Gasteiger partial charge >= 0.3 is 5.97 Å². The number of hydrogen-bond acceptors (Lipinski definition) is 3. The zero-order chi connectivity index (χ0) is 14.0. The van der Waals surface area contributed by atoms with Crippen LogP contribution in [0.15, 0.2) is 23.4 Å². The smallest absolute Gasteiger partial charge is 0.324 e. The van der Waals surface area contributed by atoms with Crippen LogP contribution >= 0.6 is 0 Å². The molecule has 0 aliphatic heterocycles. The molecule has 0 atom stereocenters. The number of hydrogen-bond donors (Lipinski definition) is 2. The van der Waals surface area contributed by atoms with E-state index in [1.807, 2.05) is 0 Å². The molecule has 1 aromatic heterocycles. The molecular weight excluding hydrogens is 256 g/mol. The first-order valence-corrected chi connectivity index (χ1v) is 7.15. The van der Waals surface area contributed by atoms with E-state index >= 15 is 0 Å². The van der Waals surface area contributed by atoms with Gasteiger partial charge in [-0.15, -0.1) is 0 Å². The highest BCUT2D eigenvalue weighted by atomic mass is 32.2. The van der Waals surface area contributed by atoms with Gasteiger partial charge in [0, 0.05) is 19.4 Å². The molecule has 0 aliphatic carbocycles. The standard InChI is InChI=1S/C11H18N2O4S/c1-4-11(5-2,10(14)15)12-18(16,17)9-6-7-13(3)8-9/h6-8,12H,4-5H2,1-3H3,(H,14,15). The zero-order valence-electron chi connectivity index (χ0n) is 10.7. The van der Waals surface area contributed by atoms with E-state index in [2.05, 4.69) is 4.72 Å². The van der Waals surface area contributed by atoms with Crippen LogP contribution in [-0.2, 0) is 21.9 Å². The Morgan fingerprint density at radius 1 is 1.44 bits per heavy atom. The van der Waals surface area contributed by atoms with E-state index in [4.69, 9.17) is 0 Å². The SMILES string of the molecule is CCC(CC)(NS(=O)(=O)c1ccn(C)c1)C(=O)O. The molecule has 1 aromatic rings. The number of carbonyl (C=O) groups is 1. The lowest BCUT2D eigenvalue weighted by atomic mass is 9.95. The second kappa shape index (κ2) is 5.11. The van der Waals surface area contributed by atoms with Crippen molar-refractivity contribution in [2.24, 2.45) is 7.05 Å². The molecule has 18 heavy (non-hydrogen) atoms. The first-order chi connectivity index (χ1) is 8.27. The average molecular weight is 274 g/mol. The van der Waals surface area contributed by atoms with E-state index < -0.39 is 21.5 Å². The largest absolute Gasteiger partial charge is 0.480 e. The summed E-state index contributed by atoms with van der Waals surface area (Å²) >= 11 is 0. The molecule has 2 N–H and O–H groups in total. The molecule has 1 heterocycles. The lowest BCUT2D eigenvalue weighted by molar-refractivity contribution is -0.144. The highest BCUT2D eigenvalue weighted by Gasteiger charge is 2.39. The number of aromatic nitrogens is 1. The molecule has 0 aromatic carbocycles. The molecule has 0 unspecified atom stereocenters. The third kappa shape index (κ3) is 2.73. The number of aryl methyl sites for hydroxylation is 1. The Labute approximate surface area is 107 Å². The van der Waals surface area contributed by atoms with Crippen LogP contribution in [0, 0.1) is 0 Å². The predicted octanol–water partition coefficient (Wildman–Crippen LogP) is 0.947. The van der Waals surface area contributed by atoms with Crippen molar-refractivity contribution in [3.63, 3.8) is 0 Å². The van der Waals surface area contributed by atoms with Gasteiger partial charge in [0.1, 0.15) is 5.54 Å². The van der Waals surface area contributed by atoms with E-state index in [1.54, 1.807) is 31.7 Å². The molecule has 0 spiro atoms. The van der Waals surface area contributed by atoms with Crippen LogP contribution in [0.25, 0.3) is 0 Å². The molecule has 1 rings (SSSR count). The minimum absolute atomic E-state index is 0.0672. The van der Waals surface area contributed by atoms with Gasteiger partial charge in [-0.3, -0.25) is 4.79 Å². The maximum absolute atomic E-state index is 12.1. The van der Waals surface area contributed by atoms with Gasteiger partial charge < -0.3 is 9.67 Å². The molecule has 0 bridgehead atoms. The second-order valence-corrected chi connectivity index (χ2v) is 5.89. The average Bonchev–Trinajstić information content (AvgIpc) is 2.73. The molecule has 0 aliphatic rings. The highest BCUT2D eigenvalue weighted by molar-refractivity contribution is 7.89. The fourth-order valence-corrected chi connectivity index (χ4v) is 3.25. The van der Waals surface area contributed by atoms with Crippen LogP contribution in [-0.4, -0.2) is 29.6 Å². The maximum atomic E-state index is 12.1. The number of rotatable bonds is 6. The summed E-state index contributed by atoms with van der Waals surface area (Å²) in [6.45, 7) is 3.29. The lowest BCUT2D eigenvalue weighted by Gasteiger charge is -2.27. The van der Waals surface area contributed by atoms with Crippen LogP contribution in [0.1, 0.15) is 26.7 Å². The third-order valence-corrected chi connectivity index (χ3v) is 4.58. The van der Waals surface area contributed by atoms with Crippen molar-refractivity contribution >= 4 is 16.0 Å². The van der Waals surface area contributed by atoms with E-state index in [0.717, 1.165) is 0 Å². The number of carboxylic acid groups (broad SMARTS) is 1. The summed E-state index contributed by atoms with van der Waals surface area (Å²) in [7, 11) is -2.12. The summed E-state index contributed by atoms with van der Waals surface area (Å²) in [6.07, 6.45) is 3.39. The number of sulfonamides is 1. The topological polar surface area (TPSA) is 88.4 Å². The zero-order valence-corrected chi connectivity index (χ0v) is 11.5. The van der Waals surface area contributed by atoms with Crippen molar-refractivity contribution < 1.29 is 18.3 Å². The summed E-state index contributed by atoms with van der Waals surface area (Å²) < 4.78 is 28.1. The highest BCUT2D eigenvalue weighted by Crippen LogP contribution is 2.20. The molecule has 0 amide bonds. The number of nitrogens with one attached hydrogen (secondary N) is 1. The normalized spacial score (nSPS) is 12.6. The van der Waals surface area contributed by atoms with E-state index in [-0.39, 0.29) is 17.7 Å². The van der Waals surface area contributed by atoms with Crippen LogP contribution in [0.3, 0.4) is 0 Å². The van der Waals surface area contributed by atoms with Gasteiger partial charge in [-0.25, -0.2) is 8.42 Å². The van der Waals surface area contributed by atoms with Crippen LogP contribution in [0.2, 0.25) is 0 Å². The lowest BCUT2D eigenvalue weighted by Crippen LogP contribution is -2.53. The van der Waals surface area contributed by atoms with Crippen molar-refractivity contribution in [3.05, 3.63) is 18.5 Å². The Morgan fingerprint density at radius 2 is 2.00 bits per heavy atom. The summed E-state index contributed by atoms with van der Waals surface area (Å²) in [4.78, 5) is 11.3. The van der Waals surface area contributed by atoms with E-state index in [9.17, 15) is 18.3 Å². The van der Waals surface area contributed by atoms with Crippen molar-refractivity contribution in [3.8, 4) is 0 Å². The van der Waals surface area contributed by atoms with Gasteiger partial charge in [-0.2, -0.15) is 4.72 Å². The van der Waals surface area contributed by atoms with Gasteiger partial charge in [0.05, 0.1) is 4.90 Å². The van der Waals surface area contributed by atoms with Crippen molar-refractivity contribution in [1.29, 1.82) is 0 Å². The molecule has 102 valence electrons. The Balaban J connectivity index is 3.11. The Kier molecular flexibility index (Phi) is 4.18. The molecule has 0 saturated carbocycles. The quantitative estimate of drug-likeness (QED) is 0.808. The molecule has 7 heteroatoms. The molecule has 0 fully saturated rings. The first-order valence-electron chi connectivity index (χ1n) is 5.66. The van der Waals surface area contributed by atoms with Crippen molar-refractivity contribution in [2.75, 3.05) is 0 Å². The molecule has 6 nitrogen and oxygen atoms in total. The summed E-state index contributed by atoms with van der Waals surface area (Å²) in [5.74, 6) is -1.16. The van der Waals surface area contributed by atoms with Crippen LogP contribution < -0.4 is 4.72 Å². The van der Waals surface area contributed by atoms with Gasteiger partial charge in [0.2, 0.25) is 10.0 Å². The van der Waals surface area contributed by atoms with Crippen LogP contribution in [0.4, 0.5) is 0 Å². The van der Waals surface area contributed by atoms with Crippen LogP contribution in [0.5, 0.6) is 0 Å². The fraction of sp³-hybridized carbons (Fsp3) is 0.545. The summed E-state index contributed by atoms with van der Waals surface area (Å²) in [6, 6.07) is 1.43. The summed E-state index contributed by atoms with van der Waals surface area (Å²) in [5.41, 5.74) is -1.45. The molecule has 0 radical (unpaired) electrons. The maximum Gasteiger partial charge on any atom is 0.324 e. The monoisotopic (exact) mass is 274 g/mol. The van der Waals surface area contributed by atoms with Gasteiger partial charge in [-0.1, -0.05) is 13.8 Å². The fourth-order valence-electron chi connectivity index (χ4n) is 1.69. The van der Waals surface area contributed by atoms with E-state index in [0.29, 0.717) is 0 Å². The van der Waals surface area contributed by atoms with Crippen molar-refractivity contribution in [1.82, 2.24) is 9.29 Å². The molecule has 0 saturated heterocycles.